The molecule has 0 spiro atoms. The van der Waals surface area contributed by atoms with Gasteiger partial charge in [-0.1, -0.05) is 26.3 Å². The van der Waals surface area contributed by atoms with Gasteiger partial charge in [-0.2, -0.15) is 0 Å². The number of piperidine rings is 1. The van der Waals surface area contributed by atoms with Crippen molar-refractivity contribution in [1.82, 2.24) is 9.88 Å². The zero-order chi connectivity index (χ0) is 24.8. The highest BCUT2D eigenvalue weighted by molar-refractivity contribution is 5.88. The van der Waals surface area contributed by atoms with Crippen LogP contribution in [0.25, 0.3) is 0 Å². The summed E-state index contributed by atoms with van der Waals surface area (Å²) in [5, 5.41) is 2.67. The third-order valence-electron chi connectivity index (χ3n) is 10.0. The molecular formula is C29H43N3O2. The van der Waals surface area contributed by atoms with E-state index in [1.165, 1.54) is 50.3 Å². The van der Waals surface area contributed by atoms with E-state index in [-0.39, 0.29) is 11.3 Å². The Hall–Kier alpha value is -2.17. The van der Waals surface area contributed by atoms with Crippen LogP contribution in [0.4, 0.5) is 5.69 Å². The molecule has 1 aliphatic heterocycles. The van der Waals surface area contributed by atoms with E-state index in [4.69, 9.17) is 0 Å². The minimum Gasteiger partial charge on any atom is -0.326 e. The lowest BCUT2D eigenvalue weighted by Crippen LogP contribution is -2.54. The molecule has 1 N–H and O–H groups in total. The molecular weight excluding hydrogens is 422 g/mol. The van der Waals surface area contributed by atoms with E-state index in [0.717, 1.165) is 47.9 Å². The lowest BCUT2D eigenvalue weighted by molar-refractivity contribution is -0.136. The Bertz CT molecular complexity index is 1000. The monoisotopic (exact) mass is 465 g/mol. The molecule has 2 saturated carbocycles. The number of hydrogen-bond acceptors (Lipinski definition) is 3. The van der Waals surface area contributed by atoms with E-state index in [1.807, 2.05) is 24.9 Å². The van der Waals surface area contributed by atoms with Crippen molar-refractivity contribution in [3.05, 3.63) is 35.3 Å². The van der Waals surface area contributed by atoms with Crippen LogP contribution in [0.5, 0.6) is 0 Å². The fourth-order valence-electron chi connectivity index (χ4n) is 8.20. The number of pyridine rings is 1. The maximum absolute atomic E-state index is 12.3. The first-order valence-electron chi connectivity index (χ1n) is 13.1. The number of rotatable bonds is 1. The molecule has 34 heavy (non-hydrogen) atoms. The maximum atomic E-state index is 12.3. The van der Waals surface area contributed by atoms with Gasteiger partial charge >= 0.3 is 0 Å². The first-order valence-corrected chi connectivity index (χ1v) is 13.1. The number of likely N-dealkylation sites (tertiary alicyclic amines) is 1. The van der Waals surface area contributed by atoms with Gasteiger partial charge in [0.25, 0.3) is 0 Å². The zero-order valence-electron chi connectivity index (χ0n) is 22.2. The highest BCUT2D eigenvalue weighted by Gasteiger charge is 2.59. The Morgan fingerprint density at radius 1 is 1.15 bits per heavy atom. The molecule has 0 radical (unpaired) electrons. The van der Waals surface area contributed by atoms with Crippen LogP contribution in [-0.4, -0.2) is 28.7 Å². The van der Waals surface area contributed by atoms with Crippen LogP contribution in [-0.2, 0) is 9.59 Å². The van der Waals surface area contributed by atoms with Crippen LogP contribution in [0, 0.1) is 41.4 Å². The second kappa shape index (κ2) is 9.13. The molecule has 0 bridgehead atoms. The van der Waals surface area contributed by atoms with Gasteiger partial charge in [0, 0.05) is 49.1 Å². The van der Waals surface area contributed by atoms with Crippen molar-refractivity contribution in [3.63, 3.8) is 0 Å². The minimum absolute atomic E-state index is 0.0596. The van der Waals surface area contributed by atoms with Crippen LogP contribution in [0.2, 0.25) is 0 Å². The van der Waals surface area contributed by atoms with E-state index in [2.05, 4.69) is 38.0 Å². The summed E-state index contributed by atoms with van der Waals surface area (Å²) in [6, 6.07) is 3.58. The van der Waals surface area contributed by atoms with E-state index in [1.54, 1.807) is 12.3 Å². The smallest absolute Gasteiger partial charge is 0.226 e. The highest BCUT2D eigenvalue weighted by Crippen LogP contribution is 2.66. The van der Waals surface area contributed by atoms with Crippen LogP contribution >= 0.6 is 0 Å². The molecule has 2 heterocycles. The third kappa shape index (κ3) is 4.20. The molecule has 3 unspecified atom stereocenters. The van der Waals surface area contributed by atoms with Gasteiger partial charge in [0.2, 0.25) is 11.8 Å². The Labute approximate surface area is 205 Å². The Kier molecular flexibility index (Phi) is 6.69. The van der Waals surface area contributed by atoms with Gasteiger partial charge in [-0.25, -0.2) is 0 Å². The number of carbonyl (C=O) groups excluding carboxylic acids is 2. The summed E-state index contributed by atoms with van der Waals surface area (Å²) >= 11 is 0. The van der Waals surface area contributed by atoms with Crippen molar-refractivity contribution < 1.29 is 9.59 Å². The van der Waals surface area contributed by atoms with Crippen molar-refractivity contribution in [2.24, 2.45) is 34.5 Å². The molecule has 1 saturated heterocycles. The summed E-state index contributed by atoms with van der Waals surface area (Å²) < 4.78 is 0. The largest absolute Gasteiger partial charge is 0.326 e. The van der Waals surface area contributed by atoms with Gasteiger partial charge in [0.15, 0.2) is 0 Å². The molecule has 3 fully saturated rings. The van der Waals surface area contributed by atoms with Gasteiger partial charge in [0.05, 0.1) is 0 Å². The van der Waals surface area contributed by atoms with E-state index in [0.29, 0.717) is 11.3 Å². The van der Waals surface area contributed by atoms with E-state index < -0.39 is 0 Å². The molecule has 6 atom stereocenters. The van der Waals surface area contributed by atoms with Crippen molar-refractivity contribution >= 4 is 17.5 Å². The lowest BCUT2D eigenvalue weighted by atomic mass is 9.48. The zero-order valence-corrected chi connectivity index (χ0v) is 22.2. The molecule has 5 heteroatoms. The summed E-state index contributed by atoms with van der Waals surface area (Å²) in [6.07, 6.45) is 10.4. The second-order valence-corrected chi connectivity index (χ2v) is 12.0. The number of amides is 2. The predicted octanol–water partition coefficient (Wildman–Crippen LogP) is 6.35. The fraction of sp³-hybridized carbons (Fsp3) is 0.690. The standard InChI is InChI=1S/C21H33NO.C8H10N2O/c1-13-12-15-16-7-6-14(2)20(16,3)10-8-17(15)21(4)11-9-18(23)22(5)19(13)21;1-6-5-8(3-4-9-6)10-7(2)11/h14-17H,6-12H2,1-5H3;3-5H,1-2H3,(H,9,10,11)/t14-,15?,16?,17?,20+,21+;/m0./s1. The normalized spacial score (nSPS) is 36.7. The molecule has 186 valence electrons. The molecule has 0 aromatic carbocycles. The number of aryl methyl sites for hydroxylation is 1. The first-order chi connectivity index (χ1) is 16.0. The Morgan fingerprint density at radius 2 is 1.88 bits per heavy atom. The second-order valence-electron chi connectivity index (χ2n) is 12.0. The molecule has 5 rings (SSSR count). The van der Waals surface area contributed by atoms with Crippen LogP contribution in [0.3, 0.4) is 0 Å². The van der Waals surface area contributed by atoms with E-state index in [9.17, 15) is 9.59 Å². The van der Waals surface area contributed by atoms with Crippen LogP contribution < -0.4 is 5.32 Å². The van der Waals surface area contributed by atoms with Gasteiger partial charge in [-0.3, -0.25) is 14.6 Å². The fourth-order valence-corrected chi connectivity index (χ4v) is 8.20. The molecule has 1 aromatic rings. The summed E-state index contributed by atoms with van der Waals surface area (Å²) in [4.78, 5) is 28.9. The van der Waals surface area contributed by atoms with Gasteiger partial charge in [-0.05, 0) is 93.6 Å². The Morgan fingerprint density at radius 3 is 2.56 bits per heavy atom. The van der Waals surface area contributed by atoms with Crippen molar-refractivity contribution in [2.45, 2.75) is 86.5 Å². The number of nitrogens with one attached hydrogen (secondary N) is 1. The van der Waals surface area contributed by atoms with Gasteiger partial charge in [-0.15, -0.1) is 0 Å². The number of aromatic nitrogens is 1. The van der Waals surface area contributed by atoms with Crippen molar-refractivity contribution in [2.75, 3.05) is 12.4 Å². The minimum atomic E-state index is -0.0596. The average Bonchev–Trinajstić information content (AvgIpc) is 3.06. The number of carbonyl (C=O) groups is 2. The molecule has 3 aliphatic carbocycles. The number of allylic oxidation sites excluding steroid dienone is 2. The van der Waals surface area contributed by atoms with Crippen molar-refractivity contribution in [1.29, 1.82) is 0 Å². The number of fused-ring (bicyclic) bond motifs is 5. The number of nitrogens with zero attached hydrogens (tertiary/aromatic N) is 2. The summed E-state index contributed by atoms with van der Waals surface area (Å²) in [5.74, 6) is 3.71. The molecule has 1 aromatic heterocycles. The average molecular weight is 466 g/mol. The maximum Gasteiger partial charge on any atom is 0.226 e. The van der Waals surface area contributed by atoms with E-state index >= 15 is 0 Å². The first kappa shape index (κ1) is 24.9. The molecule has 4 aliphatic rings. The van der Waals surface area contributed by atoms with Crippen LogP contribution in [0.1, 0.15) is 85.3 Å². The SMILES string of the molecule is CC(=O)Nc1ccnc(C)c1.CC1=C2N(C)C(=O)CC[C@]2(C)C2CC[C@@]3(C)C(CC[C@@H]3C)C2C1. The van der Waals surface area contributed by atoms with Crippen LogP contribution in [0.15, 0.2) is 29.6 Å². The Balaban J connectivity index is 0.000000210. The summed E-state index contributed by atoms with van der Waals surface area (Å²) in [5.41, 5.74) is 5.41. The quantitative estimate of drug-likeness (QED) is 0.526. The lowest BCUT2D eigenvalue weighted by Gasteiger charge is -2.59. The molecule has 5 nitrogen and oxygen atoms in total. The topological polar surface area (TPSA) is 62.3 Å². The number of anilines is 1. The summed E-state index contributed by atoms with van der Waals surface area (Å²) in [6.45, 7) is 13.2. The van der Waals surface area contributed by atoms with Crippen molar-refractivity contribution in [3.8, 4) is 0 Å². The predicted molar refractivity (Wildman–Crippen MR) is 137 cm³/mol. The molecule has 2 amide bonds. The van der Waals surface area contributed by atoms with Gasteiger partial charge in [0.1, 0.15) is 0 Å². The third-order valence-corrected chi connectivity index (χ3v) is 10.0. The van der Waals surface area contributed by atoms with Gasteiger partial charge < -0.3 is 10.2 Å². The highest BCUT2D eigenvalue weighted by atomic mass is 16.2. The number of hydrogen-bond donors (Lipinski definition) is 1. The summed E-state index contributed by atoms with van der Waals surface area (Å²) in [7, 11) is 2.02.